The third-order valence-corrected chi connectivity index (χ3v) is 6.62. The van der Waals surface area contributed by atoms with E-state index in [4.69, 9.17) is 10.5 Å². The highest BCUT2D eigenvalue weighted by Crippen LogP contribution is 2.60. The number of nitrogens with two attached hydrogens (primary N) is 1. The van der Waals surface area contributed by atoms with Crippen LogP contribution >= 0.6 is 0 Å². The Hall–Kier alpha value is -1.96. The van der Waals surface area contributed by atoms with Gasteiger partial charge in [0.15, 0.2) is 0 Å². The molecule has 2 N–H and O–H groups in total. The SMILES string of the molecule is Nc1ccc(Oc2ccc(C34CC5CC(CC(C5)C3)C4)cc2)cc1. The van der Waals surface area contributed by atoms with Crippen LogP contribution in [-0.4, -0.2) is 0 Å². The lowest BCUT2D eigenvalue weighted by atomic mass is 9.48. The van der Waals surface area contributed by atoms with Gasteiger partial charge in [0.2, 0.25) is 0 Å². The molecule has 0 radical (unpaired) electrons. The molecule has 6 rings (SSSR count). The van der Waals surface area contributed by atoms with E-state index in [9.17, 15) is 0 Å². The summed E-state index contributed by atoms with van der Waals surface area (Å²) in [6.07, 6.45) is 8.73. The van der Waals surface area contributed by atoms with Gasteiger partial charge >= 0.3 is 0 Å². The maximum absolute atomic E-state index is 5.95. The van der Waals surface area contributed by atoms with Gasteiger partial charge in [0.25, 0.3) is 0 Å². The molecule has 124 valence electrons. The summed E-state index contributed by atoms with van der Waals surface area (Å²) in [7, 11) is 0. The van der Waals surface area contributed by atoms with E-state index in [1.165, 1.54) is 38.5 Å². The van der Waals surface area contributed by atoms with Gasteiger partial charge < -0.3 is 10.5 Å². The molecule has 4 aliphatic rings. The number of nitrogen functional groups attached to an aromatic ring is 1. The van der Waals surface area contributed by atoms with E-state index < -0.39 is 0 Å². The third-order valence-electron chi connectivity index (χ3n) is 6.62. The van der Waals surface area contributed by atoms with Crippen molar-refractivity contribution < 1.29 is 4.74 Å². The van der Waals surface area contributed by atoms with Crippen LogP contribution in [0.25, 0.3) is 0 Å². The zero-order valence-corrected chi connectivity index (χ0v) is 14.1. The minimum atomic E-state index is 0.467. The fourth-order valence-corrected chi connectivity index (χ4v) is 6.01. The summed E-state index contributed by atoms with van der Waals surface area (Å²) in [6, 6.07) is 16.5. The Labute approximate surface area is 144 Å². The Morgan fingerprint density at radius 1 is 0.708 bits per heavy atom. The van der Waals surface area contributed by atoms with Gasteiger partial charge in [0.05, 0.1) is 0 Å². The van der Waals surface area contributed by atoms with E-state index in [0.29, 0.717) is 5.41 Å². The Kier molecular flexibility index (Phi) is 3.16. The van der Waals surface area contributed by atoms with E-state index >= 15 is 0 Å². The van der Waals surface area contributed by atoms with Crippen molar-refractivity contribution >= 4 is 5.69 Å². The van der Waals surface area contributed by atoms with Gasteiger partial charge in [-0.25, -0.2) is 0 Å². The predicted molar refractivity (Wildman–Crippen MR) is 97.2 cm³/mol. The Balaban J connectivity index is 1.37. The molecule has 0 spiro atoms. The summed E-state index contributed by atoms with van der Waals surface area (Å²) in [6.45, 7) is 0. The zero-order valence-electron chi connectivity index (χ0n) is 14.1. The van der Waals surface area contributed by atoms with Crippen LogP contribution in [0.15, 0.2) is 48.5 Å². The minimum absolute atomic E-state index is 0.467. The van der Waals surface area contributed by atoms with Gasteiger partial charge in [-0.2, -0.15) is 0 Å². The van der Waals surface area contributed by atoms with Gasteiger partial charge in [-0.15, -0.1) is 0 Å². The van der Waals surface area contributed by atoms with Gasteiger partial charge in [0, 0.05) is 5.69 Å². The van der Waals surface area contributed by atoms with E-state index in [2.05, 4.69) is 24.3 Å². The first kappa shape index (κ1) is 14.4. The first-order chi connectivity index (χ1) is 11.7. The average molecular weight is 319 g/mol. The van der Waals surface area contributed by atoms with E-state index in [1.54, 1.807) is 5.56 Å². The predicted octanol–water partition coefficient (Wildman–Crippen LogP) is 5.53. The minimum Gasteiger partial charge on any atom is -0.457 e. The van der Waals surface area contributed by atoms with Crippen LogP contribution in [0.3, 0.4) is 0 Å². The Morgan fingerprint density at radius 3 is 1.67 bits per heavy atom. The monoisotopic (exact) mass is 319 g/mol. The van der Waals surface area contributed by atoms with Crippen LogP contribution < -0.4 is 10.5 Å². The van der Waals surface area contributed by atoms with Crippen LogP contribution in [0.1, 0.15) is 44.1 Å². The van der Waals surface area contributed by atoms with Crippen LogP contribution in [0.4, 0.5) is 5.69 Å². The molecule has 0 heterocycles. The maximum atomic E-state index is 5.95. The van der Waals surface area contributed by atoms with E-state index in [1.807, 2.05) is 24.3 Å². The first-order valence-electron chi connectivity index (χ1n) is 9.32. The molecule has 0 saturated heterocycles. The van der Waals surface area contributed by atoms with Crippen molar-refractivity contribution in [1.82, 2.24) is 0 Å². The topological polar surface area (TPSA) is 35.2 Å². The molecule has 0 aromatic heterocycles. The highest BCUT2D eigenvalue weighted by atomic mass is 16.5. The molecule has 2 heteroatoms. The molecular weight excluding hydrogens is 294 g/mol. The van der Waals surface area contributed by atoms with Gasteiger partial charge in [-0.05, 0) is 104 Å². The summed E-state index contributed by atoms with van der Waals surface area (Å²) in [5.41, 5.74) is 8.51. The lowest BCUT2D eigenvalue weighted by molar-refractivity contribution is -0.00519. The molecule has 24 heavy (non-hydrogen) atoms. The van der Waals surface area contributed by atoms with Crippen molar-refractivity contribution in [2.45, 2.75) is 43.9 Å². The molecule has 0 atom stereocenters. The standard InChI is InChI=1S/C22H25NO/c23-19-3-7-21(8-4-19)24-20-5-1-18(2-6-20)22-12-15-9-16(13-22)11-17(10-15)14-22/h1-8,15-17H,9-14,23H2. The molecule has 4 saturated carbocycles. The molecule has 4 aliphatic carbocycles. The summed E-state index contributed by atoms with van der Waals surface area (Å²) in [4.78, 5) is 0. The summed E-state index contributed by atoms with van der Waals surface area (Å²) < 4.78 is 5.95. The number of rotatable bonds is 3. The highest BCUT2D eigenvalue weighted by molar-refractivity contribution is 5.43. The molecule has 0 amide bonds. The summed E-state index contributed by atoms with van der Waals surface area (Å²) in [5, 5.41) is 0. The second-order valence-corrected chi connectivity index (χ2v) is 8.39. The number of hydrogen-bond acceptors (Lipinski definition) is 2. The van der Waals surface area contributed by atoms with Crippen molar-refractivity contribution in [3.63, 3.8) is 0 Å². The number of ether oxygens (including phenoxy) is 1. The van der Waals surface area contributed by atoms with Crippen molar-refractivity contribution in [1.29, 1.82) is 0 Å². The van der Waals surface area contributed by atoms with Gasteiger partial charge in [0.1, 0.15) is 11.5 Å². The summed E-state index contributed by atoms with van der Waals surface area (Å²) >= 11 is 0. The molecule has 2 aromatic rings. The van der Waals surface area contributed by atoms with Crippen LogP contribution in [0.5, 0.6) is 11.5 Å². The van der Waals surface area contributed by atoms with Crippen LogP contribution in [-0.2, 0) is 5.41 Å². The van der Waals surface area contributed by atoms with Gasteiger partial charge in [-0.3, -0.25) is 0 Å². The number of hydrogen-bond donors (Lipinski definition) is 1. The smallest absolute Gasteiger partial charge is 0.127 e. The Bertz CT molecular complexity index is 696. The van der Waals surface area contributed by atoms with Crippen molar-refractivity contribution in [3.05, 3.63) is 54.1 Å². The molecule has 0 aliphatic heterocycles. The average Bonchev–Trinajstić information content (AvgIpc) is 2.56. The quantitative estimate of drug-likeness (QED) is 0.755. The fourth-order valence-electron chi connectivity index (χ4n) is 6.01. The first-order valence-corrected chi connectivity index (χ1v) is 9.32. The highest BCUT2D eigenvalue weighted by Gasteiger charge is 2.51. The third kappa shape index (κ3) is 2.40. The lowest BCUT2D eigenvalue weighted by Crippen LogP contribution is -2.48. The maximum Gasteiger partial charge on any atom is 0.127 e. The second kappa shape index (κ2) is 5.27. The largest absolute Gasteiger partial charge is 0.457 e. The molecule has 2 aromatic carbocycles. The second-order valence-electron chi connectivity index (χ2n) is 8.39. The fraction of sp³-hybridized carbons (Fsp3) is 0.455. The zero-order chi connectivity index (χ0) is 16.1. The van der Waals surface area contributed by atoms with Crippen LogP contribution in [0, 0.1) is 17.8 Å². The van der Waals surface area contributed by atoms with E-state index in [-0.39, 0.29) is 0 Å². The lowest BCUT2D eigenvalue weighted by Gasteiger charge is -2.57. The summed E-state index contributed by atoms with van der Waals surface area (Å²) in [5.74, 6) is 4.71. The molecule has 4 fully saturated rings. The Morgan fingerprint density at radius 2 is 1.17 bits per heavy atom. The normalized spacial score (nSPS) is 33.6. The molecular formula is C22H25NO. The number of anilines is 1. The molecule has 4 bridgehead atoms. The van der Waals surface area contributed by atoms with Gasteiger partial charge in [-0.1, -0.05) is 12.1 Å². The molecule has 2 nitrogen and oxygen atoms in total. The van der Waals surface area contributed by atoms with Crippen LogP contribution in [0.2, 0.25) is 0 Å². The molecule has 0 unspecified atom stereocenters. The van der Waals surface area contributed by atoms with Crippen molar-refractivity contribution in [3.8, 4) is 11.5 Å². The van der Waals surface area contributed by atoms with E-state index in [0.717, 1.165) is 34.9 Å². The number of benzene rings is 2. The van der Waals surface area contributed by atoms with Crippen molar-refractivity contribution in [2.24, 2.45) is 17.8 Å². The van der Waals surface area contributed by atoms with Crippen molar-refractivity contribution in [2.75, 3.05) is 5.73 Å².